The van der Waals surface area contributed by atoms with Gasteiger partial charge in [-0.2, -0.15) is 0 Å². The van der Waals surface area contributed by atoms with E-state index in [1.54, 1.807) is 0 Å². The summed E-state index contributed by atoms with van der Waals surface area (Å²) in [7, 11) is 0. The van der Waals surface area contributed by atoms with E-state index in [-0.39, 0.29) is 5.41 Å². The average Bonchev–Trinajstić information content (AvgIpc) is 3.37. The zero-order valence-corrected chi connectivity index (χ0v) is 15.5. The second-order valence-electron chi connectivity index (χ2n) is 7.42. The van der Waals surface area contributed by atoms with Crippen LogP contribution in [0.4, 0.5) is 0 Å². The minimum absolute atomic E-state index is 0.0894. The highest BCUT2D eigenvalue weighted by molar-refractivity contribution is 6.43. The maximum Gasteiger partial charge on any atom is 0.0640 e. The van der Waals surface area contributed by atoms with Crippen molar-refractivity contribution in [2.75, 3.05) is 0 Å². The summed E-state index contributed by atoms with van der Waals surface area (Å²) in [6.45, 7) is 0. The highest BCUT2D eigenvalue weighted by atomic mass is 35.5. The fourth-order valence-corrected chi connectivity index (χ4v) is 5.94. The van der Waals surface area contributed by atoms with E-state index >= 15 is 0 Å². The molecule has 0 radical (unpaired) electrons. The second-order valence-corrected chi connectivity index (χ2v) is 8.21. The number of rotatable bonds is 2. The van der Waals surface area contributed by atoms with Crippen LogP contribution in [0.25, 0.3) is 11.1 Å². The van der Waals surface area contributed by atoms with Gasteiger partial charge in [0.1, 0.15) is 0 Å². The van der Waals surface area contributed by atoms with E-state index in [1.165, 1.54) is 35.1 Å². The quantitative estimate of drug-likeness (QED) is 0.493. The number of fused-ring (bicyclic) bond motifs is 3. The van der Waals surface area contributed by atoms with Gasteiger partial charge in [-0.05, 0) is 65.8 Å². The Bertz CT molecular complexity index is 884. The van der Waals surface area contributed by atoms with Crippen LogP contribution in [0, 0.1) is 11.8 Å². The van der Waals surface area contributed by atoms with Crippen molar-refractivity contribution in [1.82, 2.24) is 0 Å². The van der Waals surface area contributed by atoms with Gasteiger partial charge in [-0.25, -0.2) is 0 Å². The molecule has 0 heterocycles. The first-order valence-corrected chi connectivity index (χ1v) is 9.92. The molecule has 0 amide bonds. The van der Waals surface area contributed by atoms with Gasteiger partial charge in [0, 0.05) is 5.41 Å². The number of benzene rings is 2. The number of halogens is 2. The molecule has 0 fully saturated rings. The van der Waals surface area contributed by atoms with Crippen LogP contribution >= 0.6 is 23.2 Å². The fourth-order valence-electron chi connectivity index (χ4n) is 5.46. The number of hydrogen-bond donors (Lipinski definition) is 0. The lowest BCUT2D eigenvalue weighted by Crippen LogP contribution is -2.39. The topological polar surface area (TPSA) is 0 Å². The smallest absolute Gasteiger partial charge is 0.0640 e. The Morgan fingerprint density at radius 3 is 2.12 bits per heavy atom. The van der Waals surface area contributed by atoms with Crippen molar-refractivity contribution in [2.45, 2.75) is 31.1 Å². The lowest BCUT2D eigenvalue weighted by molar-refractivity contribution is 0.291. The van der Waals surface area contributed by atoms with Crippen LogP contribution in [-0.2, 0) is 5.41 Å². The lowest BCUT2D eigenvalue weighted by atomic mass is 9.60. The molecule has 5 rings (SSSR count). The number of hydrogen-bond acceptors (Lipinski definition) is 0. The molecule has 0 bridgehead atoms. The van der Waals surface area contributed by atoms with Crippen LogP contribution in [-0.4, -0.2) is 0 Å². The monoisotopic (exact) mass is 366 g/mol. The molecule has 0 saturated carbocycles. The summed E-state index contributed by atoms with van der Waals surface area (Å²) in [5.74, 6) is 0.942. The predicted molar refractivity (Wildman–Crippen MR) is 106 cm³/mol. The Kier molecular flexibility index (Phi) is 3.62. The molecule has 0 N–H and O–H groups in total. The molecule has 126 valence electrons. The summed E-state index contributed by atoms with van der Waals surface area (Å²) in [6, 6.07) is 13.0. The van der Waals surface area contributed by atoms with Crippen molar-refractivity contribution in [3.8, 4) is 11.1 Å². The Morgan fingerprint density at radius 2 is 1.48 bits per heavy atom. The van der Waals surface area contributed by atoms with E-state index in [1.807, 2.05) is 6.07 Å². The zero-order chi connectivity index (χ0) is 17.0. The van der Waals surface area contributed by atoms with Crippen molar-refractivity contribution >= 4 is 23.2 Å². The molecule has 0 spiro atoms. The van der Waals surface area contributed by atoms with E-state index in [4.69, 9.17) is 23.2 Å². The second kappa shape index (κ2) is 5.76. The standard InChI is InChI=1S/C23H20Cl2/c24-20-14-13-18-17-11-5-6-12-19(17)23(21(18)22(20)25,15-7-1-2-8-15)16-9-3-4-10-16/h1,3,5-7,9,11-16H,2,4,8,10H2. The minimum atomic E-state index is -0.0894. The molecule has 2 heteroatoms. The lowest BCUT2D eigenvalue weighted by Gasteiger charge is -2.42. The summed E-state index contributed by atoms with van der Waals surface area (Å²) >= 11 is 13.4. The van der Waals surface area contributed by atoms with Crippen LogP contribution in [0.3, 0.4) is 0 Å². The van der Waals surface area contributed by atoms with Gasteiger partial charge in [0.25, 0.3) is 0 Å². The highest BCUT2D eigenvalue weighted by Gasteiger charge is 2.53. The Balaban J connectivity index is 1.90. The van der Waals surface area contributed by atoms with Gasteiger partial charge in [-0.15, -0.1) is 0 Å². The normalized spacial score (nSPS) is 29.2. The number of allylic oxidation sites excluding steroid dienone is 4. The van der Waals surface area contributed by atoms with Crippen molar-refractivity contribution in [1.29, 1.82) is 0 Å². The molecule has 0 aliphatic heterocycles. The summed E-state index contributed by atoms with van der Waals surface area (Å²) in [6.07, 6.45) is 14.2. The van der Waals surface area contributed by atoms with E-state index in [2.05, 4.69) is 54.6 Å². The molecule has 3 aliphatic carbocycles. The molecule has 2 aromatic carbocycles. The summed E-state index contributed by atoms with van der Waals surface area (Å²) in [5, 5.41) is 1.41. The van der Waals surface area contributed by atoms with Crippen molar-refractivity contribution in [3.63, 3.8) is 0 Å². The third-order valence-corrected chi connectivity index (χ3v) is 7.17. The van der Waals surface area contributed by atoms with Gasteiger partial charge in [-0.1, -0.05) is 77.8 Å². The van der Waals surface area contributed by atoms with Crippen LogP contribution in [0.1, 0.15) is 36.8 Å². The highest BCUT2D eigenvalue weighted by Crippen LogP contribution is 2.62. The SMILES string of the molecule is Clc1ccc2c(c1Cl)C(C1C=CCC1)(C1C=CCC1)c1ccccc1-2. The molecule has 0 nitrogen and oxygen atoms in total. The first-order valence-electron chi connectivity index (χ1n) is 9.16. The molecular formula is C23H20Cl2. The first-order chi connectivity index (χ1) is 12.2. The van der Waals surface area contributed by atoms with Crippen LogP contribution in [0.15, 0.2) is 60.7 Å². The Morgan fingerprint density at radius 1 is 0.800 bits per heavy atom. The molecule has 0 saturated heterocycles. The summed E-state index contributed by atoms with van der Waals surface area (Å²) < 4.78 is 0. The maximum absolute atomic E-state index is 6.89. The molecule has 2 atom stereocenters. The Labute approximate surface area is 159 Å². The van der Waals surface area contributed by atoms with Crippen molar-refractivity contribution < 1.29 is 0 Å². The van der Waals surface area contributed by atoms with Crippen molar-refractivity contribution in [2.24, 2.45) is 11.8 Å². The zero-order valence-electron chi connectivity index (χ0n) is 14.0. The van der Waals surface area contributed by atoms with Crippen LogP contribution in [0.5, 0.6) is 0 Å². The van der Waals surface area contributed by atoms with E-state index in [9.17, 15) is 0 Å². The molecule has 25 heavy (non-hydrogen) atoms. The molecule has 0 aromatic heterocycles. The first kappa shape index (κ1) is 15.7. The van der Waals surface area contributed by atoms with Crippen LogP contribution in [0.2, 0.25) is 10.0 Å². The third-order valence-electron chi connectivity index (χ3n) is 6.37. The van der Waals surface area contributed by atoms with Gasteiger partial charge >= 0.3 is 0 Å². The molecular weight excluding hydrogens is 347 g/mol. The van der Waals surface area contributed by atoms with Gasteiger partial charge in [0.05, 0.1) is 10.0 Å². The van der Waals surface area contributed by atoms with E-state index in [0.29, 0.717) is 16.9 Å². The van der Waals surface area contributed by atoms with E-state index in [0.717, 1.165) is 17.9 Å². The van der Waals surface area contributed by atoms with Crippen molar-refractivity contribution in [3.05, 3.63) is 81.9 Å². The fraction of sp³-hybridized carbons (Fsp3) is 0.304. The van der Waals surface area contributed by atoms with Gasteiger partial charge in [0.2, 0.25) is 0 Å². The molecule has 2 aromatic rings. The van der Waals surface area contributed by atoms with Crippen LogP contribution < -0.4 is 0 Å². The largest absolute Gasteiger partial charge is 0.0882 e. The average molecular weight is 367 g/mol. The molecule has 3 aliphatic rings. The maximum atomic E-state index is 6.89. The third kappa shape index (κ3) is 2.02. The predicted octanol–water partition coefficient (Wildman–Crippen LogP) is 7.19. The summed E-state index contributed by atoms with van der Waals surface area (Å²) in [4.78, 5) is 0. The molecule has 2 unspecified atom stereocenters. The van der Waals surface area contributed by atoms with E-state index < -0.39 is 0 Å². The van der Waals surface area contributed by atoms with Gasteiger partial charge < -0.3 is 0 Å². The van der Waals surface area contributed by atoms with Gasteiger partial charge in [0.15, 0.2) is 0 Å². The summed E-state index contributed by atoms with van der Waals surface area (Å²) in [5.41, 5.74) is 5.20. The minimum Gasteiger partial charge on any atom is -0.0882 e. The Hall–Kier alpha value is -1.50. The van der Waals surface area contributed by atoms with Gasteiger partial charge in [-0.3, -0.25) is 0 Å².